The molecule has 0 spiro atoms. The Morgan fingerprint density at radius 2 is 1.97 bits per heavy atom. The first kappa shape index (κ1) is 21.3. The number of nitrogens with two attached hydrogens (primary N) is 1. The summed E-state index contributed by atoms with van der Waals surface area (Å²) in [6, 6.07) is 10.6. The summed E-state index contributed by atoms with van der Waals surface area (Å²) < 4.78 is 5.74. The average molecular weight is 421 g/mol. The van der Waals surface area contributed by atoms with Crippen LogP contribution in [-0.4, -0.2) is 62.3 Å². The van der Waals surface area contributed by atoms with Crippen LogP contribution in [0.2, 0.25) is 0 Å². The highest BCUT2D eigenvalue weighted by molar-refractivity contribution is 6.38. The normalized spacial score (nSPS) is 20.4. The molecule has 0 radical (unpaired) electrons. The van der Waals surface area contributed by atoms with Gasteiger partial charge in [-0.2, -0.15) is 5.10 Å². The van der Waals surface area contributed by atoms with Crippen molar-refractivity contribution in [3.05, 3.63) is 53.9 Å². The molecular weight excluding hydrogens is 388 g/mol. The zero-order valence-electron chi connectivity index (χ0n) is 18.3. The van der Waals surface area contributed by atoms with Crippen molar-refractivity contribution >= 4 is 23.3 Å². The fraction of sp³-hybridized carbons (Fsp3) is 0.458. The minimum atomic E-state index is 0.220. The van der Waals surface area contributed by atoms with E-state index in [2.05, 4.69) is 56.1 Å². The number of hydrogen-bond acceptors (Lipinski definition) is 7. The van der Waals surface area contributed by atoms with Gasteiger partial charge in [0.05, 0.1) is 24.5 Å². The lowest BCUT2D eigenvalue weighted by atomic mass is 10.0. The summed E-state index contributed by atoms with van der Waals surface area (Å²) in [7, 11) is 0. The summed E-state index contributed by atoms with van der Waals surface area (Å²) in [6.45, 7) is 7.54. The van der Waals surface area contributed by atoms with E-state index in [0.717, 1.165) is 56.8 Å². The van der Waals surface area contributed by atoms with Gasteiger partial charge < -0.3 is 20.4 Å². The second kappa shape index (κ2) is 10.4. The van der Waals surface area contributed by atoms with Crippen molar-refractivity contribution in [2.75, 3.05) is 49.1 Å². The second-order valence-electron chi connectivity index (χ2n) is 8.18. The molecule has 0 bridgehead atoms. The smallest absolute Gasteiger partial charge is 0.108 e. The molecule has 0 aliphatic carbocycles. The molecule has 31 heavy (non-hydrogen) atoms. The molecule has 164 valence electrons. The van der Waals surface area contributed by atoms with Crippen LogP contribution in [0.5, 0.6) is 0 Å². The van der Waals surface area contributed by atoms with Crippen molar-refractivity contribution in [2.45, 2.75) is 32.3 Å². The second-order valence-corrected chi connectivity index (χ2v) is 8.18. The van der Waals surface area contributed by atoms with Gasteiger partial charge in [0, 0.05) is 56.4 Å². The number of aliphatic imine (C=N–C) groups is 1. The standard InChI is InChI=1S/C24H32N6O/c1-19-15-20(29-10-12-30(13-11-29)21-5-4-9-26-16-21)7-8-23(19)24(28-25)18-27-17-22-6-2-3-14-31-22/h4-5,7-9,15-16,18,22H,2-3,6,10-14,17,25H2,1H3/b27-18?,28-24+. The zero-order valence-corrected chi connectivity index (χ0v) is 18.3. The monoisotopic (exact) mass is 420 g/mol. The number of piperazine rings is 1. The molecule has 3 heterocycles. The van der Waals surface area contributed by atoms with E-state index in [-0.39, 0.29) is 6.10 Å². The molecule has 2 fully saturated rings. The first-order valence-corrected chi connectivity index (χ1v) is 11.1. The minimum absolute atomic E-state index is 0.220. The lowest BCUT2D eigenvalue weighted by molar-refractivity contribution is 0.0226. The Balaban J connectivity index is 1.37. The number of pyridine rings is 1. The lowest BCUT2D eigenvalue weighted by Crippen LogP contribution is -2.46. The van der Waals surface area contributed by atoms with E-state index < -0.39 is 0 Å². The van der Waals surface area contributed by atoms with Gasteiger partial charge in [0.15, 0.2) is 0 Å². The highest BCUT2D eigenvalue weighted by Gasteiger charge is 2.19. The minimum Gasteiger partial charge on any atom is -0.376 e. The largest absolute Gasteiger partial charge is 0.376 e. The maximum Gasteiger partial charge on any atom is 0.108 e. The molecule has 2 aromatic rings. The predicted octanol–water partition coefficient (Wildman–Crippen LogP) is 3.02. The first-order valence-electron chi connectivity index (χ1n) is 11.1. The summed E-state index contributed by atoms with van der Waals surface area (Å²) in [5.41, 5.74) is 5.30. The molecule has 1 atom stereocenters. The summed E-state index contributed by atoms with van der Waals surface area (Å²) in [5, 5.41) is 3.99. The van der Waals surface area contributed by atoms with Crippen LogP contribution < -0.4 is 15.6 Å². The molecule has 2 aliphatic rings. The molecular formula is C24H32N6O. The van der Waals surface area contributed by atoms with E-state index >= 15 is 0 Å². The number of ether oxygens (including phenoxy) is 1. The van der Waals surface area contributed by atoms with E-state index in [4.69, 9.17) is 10.6 Å². The number of anilines is 2. The lowest BCUT2D eigenvalue weighted by Gasteiger charge is -2.37. The highest BCUT2D eigenvalue weighted by Crippen LogP contribution is 2.23. The summed E-state index contributed by atoms with van der Waals surface area (Å²) in [5.74, 6) is 5.69. The molecule has 0 amide bonds. The van der Waals surface area contributed by atoms with E-state index in [1.54, 1.807) is 6.21 Å². The molecule has 2 aliphatic heterocycles. The van der Waals surface area contributed by atoms with Crippen molar-refractivity contribution in [3.8, 4) is 0 Å². The predicted molar refractivity (Wildman–Crippen MR) is 128 cm³/mol. The Labute approximate surface area is 184 Å². The number of nitrogens with zero attached hydrogens (tertiary/aromatic N) is 5. The Morgan fingerprint density at radius 1 is 1.16 bits per heavy atom. The van der Waals surface area contributed by atoms with E-state index in [9.17, 15) is 0 Å². The number of rotatable bonds is 6. The van der Waals surface area contributed by atoms with Crippen LogP contribution in [0.4, 0.5) is 11.4 Å². The Bertz CT molecular complexity index is 900. The number of benzene rings is 1. The van der Waals surface area contributed by atoms with Crippen LogP contribution in [0, 0.1) is 6.92 Å². The van der Waals surface area contributed by atoms with Crippen LogP contribution >= 0.6 is 0 Å². The Morgan fingerprint density at radius 3 is 2.61 bits per heavy atom. The third kappa shape index (κ3) is 5.41. The number of aromatic nitrogens is 1. The third-order valence-electron chi connectivity index (χ3n) is 6.08. The summed E-state index contributed by atoms with van der Waals surface area (Å²) >= 11 is 0. The van der Waals surface area contributed by atoms with Gasteiger partial charge in [0.25, 0.3) is 0 Å². The molecule has 4 rings (SSSR count). The molecule has 0 saturated carbocycles. The molecule has 2 N–H and O–H groups in total. The molecule has 2 saturated heterocycles. The van der Waals surface area contributed by atoms with Crippen molar-refractivity contribution < 1.29 is 4.74 Å². The van der Waals surface area contributed by atoms with Gasteiger partial charge in [-0.3, -0.25) is 9.98 Å². The molecule has 1 aromatic carbocycles. The quantitative estimate of drug-likeness (QED) is 0.441. The van der Waals surface area contributed by atoms with Crippen molar-refractivity contribution in [2.24, 2.45) is 15.9 Å². The van der Waals surface area contributed by atoms with E-state index in [1.165, 1.54) is 17.8 Å². The molecule has 7 nitrogen and oxygen atoms in total. The zero-order chi connectivity index (χ0) is 21.5. The van der Waals surface area contributed by atoms with Crippen LogP contribution in [0.3, 0.4) is 0 Å². The fourth-order valence-electron chi connectivity index (χ4n) is 4.28. The van der Waals surface area contributed by atoms with Crippen LogP contribution in [0.15, 0.2) is 52.8 Å². The van der Waals surface area contributed by atoms with Gasteiger partial charge in [0.2, 0.25) is 0 Å². The third-order valence-corrected chi connectivity index (χ3v) is 6.08. The van der Waals surface area contributed by atoms with Crippen molar-refractivity contribution in [1.82, 2.24) is 4.98 Å². The highest BCUT2D eigenvalue weighted by atomic mass is 16.5. The fourth-order valence-corrected chi connectivity index (χ4v) is 4.28. The molecule has 1 unspecified atom stereocenters. The van der Waals surface area contributed by atoms with E-state index in [0.29, 0.717) is 12.3 Å². The Kier molecular flexibility index (Phi) is 7.14. The van der Waals surface area contributed by atoms with Crippen LogP contribution in [0.25, 0.3) is 0 Å². The van der Waals surface area contributed by atoms with Gasteiger partial charge in [-0.25, -0.2) is 0 Å². The summed E-state index contributed by atoms with van der Waals surface area (Å²) in [6.07, 6.45) is 9.20. The maximum atomic E-state index is 5.74. The van der Waals surface area contributed by atoms with Gasteiger partial charge in [-0.05, 0) is 56.0 Å². The topological polar surface area (TPSA) is 79.3 Å². The number of hydrogen-bond donors (Lipinski definition) is 1. The van der Waals surface area contributed by atoms with Crippen molar-refractivity contribution in [1.29, 1.82) is 0 Å². The number of aryl methyl sites for hydroxylation is 1. The van der Waals surface area contributed by atoms with Crippen LogP contribution in [0.1, 0.15) is 30.4 Å². The SMILES string of the molecule is Cc1cc(N2CCN(c3cccnc3)CC2)ccc1/C(C=NCC1CCCCO1)=N/N. The molecule has 7 heteroatoms. The first-order chi connectivity index (χ1) is 15.2. The maximum absolute atomic E-state index is 5.74. The molecule has 1 aromatic heterocycles. The van der Waals surface area contributed by atoms with Crippen LogP contribution in [-0.2, 0) is 4.74 Å². The van der Waals surface area contributed by atoms with Gasteiger partial charge in [-0.15, -0.1) is 0 Å². The van der Waals surface area contributed by atoms with Gasteiger partial charge in [-0.1, -0.05) is 6.07 Å². The number of hydrazone groups is 1. The van der Waals surface area contributed by atoms with Gasteiger partial charge in [0.1, 0.15) is 5.71 Å². The van der Waals surface area contributed by atoms with Crippen molar-refractivity contribution in [3.63, 3.8) is 0 Å². The van der Waals surface area contributed by atoms with E-state index in [1.807, 2.05) is 18.5 Å². The average Bonchev–Trinajstić information content (AvgIpc) is 2.83. The summed E-state index contributed by atoms with van der Waals surface area (Å²) in [4.78, 5) is 13.6. The Hall–Kier alpha value is -2.93. The van der Waals surface area contributed by atoms with Gasteiger partial charge >= 0.3 is 0 Å².